The van der Waals surface area contributed by atoms with E-state index in [-0.39, 0.29) is 6.61 Å². The largest absolute Gasteiger partial charge is 0.396 e. The maximum atomic E-state index is 8.72. The quantitative estimate of drug-likeness (QED) is 0.627. The van der Waals surface area contributed by atoms with Crippen molar-refractivity contribution in [3.63, 3.8) is 0 Å². The van der Waals surface area contributed by atoms with Gasteiger partial charge in [0, 0.05) is 32.7 Å². The second-order valence-corrected chi connectivity index (χ2v) is 4.35. The van der Waals surface area contributed by atoms with E-state index in [4.69, 9.17) is 5.11 Å². The summed E-state index contributed by atoms with van der Waals surface area (Å²) in [6, 6.07) is 0. The normalized spacial score (nSPS) is 17.1. The molecule has 3 N–H and O–H groups in total. The molecule has 2 rings (SSSR count). The molecule has 6 heteroatoms. The lowest BCUT2D eigenvalue weighted by Gasteiger charge is -2.16. The molecule has 1 fully saturated rings. The van der Waals surface area contributed by atoms with Crippen molar-refractivity contribution < 1.29 is 5.11 Å². The average Bonchev–Trinajstić information content (AvgIpc) is 2.64. The molecular weight excluding hydrogens is 218 g/mol. The number of aliphatic hydroxyl groups is 1. The van der Waals surface area contributed by atoms with Crippen molar-refractivity contribution in [2.45, 2.75) is 25.7 Å². The Bertz CT molecular complexity index is 319. The Hall–Kier alpha value is -1.14. The molecule has 0 radical (unpaired) electrons. The number of rotatable bonds is 5. The number of aliphatic hydroxyl groups excluding tert-OH is 1. The molecular formula is C11H21N5O. The summed E-state index contributed by atoms with van der Waals surface area (Å²) in [4.78, 5) is 6.71. The highest BCUT2D eigenvalue weighted by molar-refractivity contribution is 5.28. The Balaban J connectivity index is 1.87. The number of H-pyrrole nitrogens is 1. The summed E-state index contributed by atoms with van der Waals surface area (Å²) < 4.78 is 0. The lowest BCUT2D eigenvalue weighted by atomic mass is 10.2. The summed E-state index contributed by atoms with van der Waals surface area (Å²) in [5, 5.41) is 19.3. The van der Waals surface area contributed by atoms with E-state index < -0.39 is 0 Å². The molecule has 1 aliphatic rings. The molecule has 1 aromatic rings. The van der Waals surface area contributed by atoms with Gasteiger partial charge in [-0.3, -0.25) is 5.10 Å². The van der Waals surface area contributed by atoms with Crippen LogP contribution in [0.1, 0.15) is 25.1 Å². The first kappa shape index (κ1) is 12.3. The molecule has 0 bridgehead atoms. The van der Waals surface area contributed by atoms with E-state index in [0.29, 0.717) is 0 Å². The van der Waals surface area contributed by atoms with Crippen LogP contribution >= 0.6 is 0 Å². The summed E-state index contributed by atoms with van der Waals surface area (Å²) in [7, 11) is 0. The fourth-order valence-electron chi connectivity index (χ4n) is 1.99. The smallest absolute Gasteiger partial charge is 0.244 e. The predicted molar refractivity (Wildman–Crippen MR) is 66.1 cm³/mol. The summed E-state index contributed by atoms with van der Waals surface area (Å²) in [6.45, 7) is 4.30. The predicted octanol–water partition coefficient (Wildman–Crippen LogP) is -0.0806. The molecule has 0 spiro atoms. The van der Waals surface area contributed by atoms with E-state index in [2.05, 4.69) is 25.4 Å². The SMILES string of the molecule is OCCCCc1nc(N2CCCNCC2)n[nH]1. The van der Waals surface area contributed by atoms with Gasteiger partial charge in [-0.1, -0.05) is 0 Å². The van der Waals surface area contributed by atoms with E-state index in [9.17, 15) is 0 Å². The van der Waals surface area contributed by atoms with E-state index in [1.54, 1.807) is 0 Å². The van der Waals surface area contributed by atoms with Gasteiger partial charge in [0.05, 0.1) is 0 Å². The minimum atomic E-state index is 0.249. The molecule has 1 aromatic heterocycles. The Morgan fingerprint density at radius 2 is 2.18 bits per heavy atom. The van der Waals surface area contributed by atoms with Crippen LogP contribution in [0.2, 0.25) is 0 Å². The van der Waals surface area contributed by atoms with Crippen molar-refractivity contribution in [1.29, 1.82) is 0 Å². The van der Waals surface area contributed by atoms with Crippen LogP contribution in [0.3, 0.4) is 0 Å². The summed E-state index contributed by atoms with van der Waals surface area (Å²) in [5.74, 6) is 1.73. The summed E-state index contributed by atoms with van der Waals surface area (Å²) in [5.41, 5.74) is 0. The lowest BCUT2D eigenvalue weighted by Crippen LogP contribution is -2.28. The minimum Gasteiger partial charge on any atom is -0.396 e. The molecule has 1 saturated heterocycles. The standard InChI is InChI=1S/C11H21N5O/c17-9-2-1-4-10-13-11(15-14-10)16-7-3-5-12-6-8-16/h12,17H,1-9H2,(H,13,14,15). The van der Waals surface area contributed by atoms with Crippen molar-refractivity contribution in [3.05, 3.63) is 5.82 Å². The highest BCUT2D eigenvalue weighted by atomic mass is 16.2. The monoisotopic (exact) mass is 239 g/mol. The van der Waals surface area contributed by atoms with Crippen LogP contribution in [0.25, 0.3) is 0 Å². The van der Waals surface area contributed by atoms with Gasteiger partial charge >= 0.3 is 0 Å². The van der Waals surface area contributed by atoms with E-state index >= 15 is 0 Å². The summed E-state index contributed by atoms with van der Waals surface area (Å²) in [6.07, 6.45) is 3.77. The van der Waals surface area contributed by atoms with E-state index in [1.165, 1.54) is 0 Å². The lowest BCUT2D eigenvalue weighted by molar-refractivity contribution is 0.284. The Labute approximate surface area is 101 Å². The first-order valence-corrected chi connectivity index (χ1v) is 6.38. The van der Waals surface area contributed by atoms with Gasteiger partial charge in [-0.05, 0) is 25.8 Å². The molecule has 0 amide bonds. The maximum Gasteiger partial charge on any atom is 0.244 e. The van der Waals surface area contributed by atoms with Gasteiger partial charge in [-0.2, -0.15) is 4.98 Å². The van der Waals surface area contributed by atoms with Crippen LogP contribution in [-0.2, 0) is 6.42 Å². The first-order valence-electron chi connectivity index (χ1n) is 6.38. The van der Waals surface area contributed by atoms with Crippen LogP contribution in [0.15, 0.2) is 0 Å². The highest BCUT2D eigenvalue weighted by Crippen LogP contribution is 2.09. The second-order valence-electron chi connectivity index (χ2n) is 4.35. The number of hydrogen-bond acceptors (Lipinski definition) is 5. The minimum absolute atomic E-state index is 0.249. The van der Waals surface area contributed by atoms with Crippen LogP contribution < -0.4 is 10.2 Å². The average molecular weight is 239 g/mol. The van der Waals surface area contributed by atoms with Gasteiger partial charge < -0.3 is 15.3 Å². The number of aromatic amines is 1. The van der Waals surface area contributed by atoms with Gasteiger partial charge in [-0.15, -0.1) is 5.10 Å². The second kappa shape index (κ2) is 6.56. The van der Waals surface area contributed by atoms with Crippen LogP contribution in [0, 0.1) is 0 Å². The van der Waals surface area contributed by atoms with Crippen molar-refractivity contribution in [1.82, 2.24) is 20.5 Å². The molecule has 0 saturated carbocycles. The number of nitrogens with one attached hydrogen (secondary N) is 2. The molecule has 2 heterocycles. The van der Waals surface area contributed by atoms with Crippen LogP contribution in [0.4, 0.5) is 5.95 Å². The molecule has 0 unspecified atom stereocenters. The fraction of sp³-hybridized carbons (Fsp3) is 0.818. The first-order chi connectivity index (χ1) is 8.40. The van der Waals surface area contributed by atoms with Crippen molar-refractivity contribution in [3.8, 4) is 0 Å². The Kier molecular flexibility index (Phi) is 4.75. The zero-order chi connectivity index (χ0) is 11.9. The van der Waals surface area contributed by atoms with Gasteiger partial charge in [0.25, 0.3) is 0 Å². The Morgan fingerprint density at radius 3 is 3.06 bits per heavy atom. The number of aryl methyl sites for hydroxylation is 1. The maximum absolute atomic E-state index is 8.72. The molecule has 96 valence electrons. The van der Waals surface area contributed by atoms with Crippen molar-refractivity contribution in [2.24, 2.45) is 0 Å². The molecule has 1 aliphatic heterocycles. The summed E-state index contributed by atoms with van der Waals surface area (Å²) >= 11 is 0. The van der Waals surface area contributed by atoms with Gasteiger partial charge in [0.2, 0.25) is 5.95 Å². The zero-order valence-corrected chi connectivity index (χ0v) is 10.2. The van der Waals surface area contributed by atoms with Gasteiger partial charge in [-0.25, -0.2) is 0 Å². The molecule has 0 aliphatic carbocycles. The number of unbranched alkanes of at least 4 members (excludes halogenated alkanes) is 1. The topological polar surface area (TPSA) is 77.1 Å². The fourth-order valence-corrected chi connectivity index (χ4v) is 1.99. The van der Waals surface area contributed by atoms with Crippen molar-refractivity contribution in [2.75, 3.05) is 37.7 Å². The van der Waals surface area contributed by atoms with E-state index in [1.807, 2.05) is 0 Å². The number of nitrogens with zero attached hydrogens (tertiary/aromatic N) is 3. The highest BCUT2D eigenvalue weighted by Gasteiger charge is 2.13. The van der Waals surface area contributed by atoms with Gasteiger partial charge in [0.15, 0.2) is 0 Å². The number of anilines is 1. The number of aromatic nitrogens is 3. The third-order valence-corrected chi connectivity index (χ3v) is 2.96. The third-order valence-electron chi connectivity index (χ3n) is 2.96. The van der Waals surface area contributed by atoms with E-state index in [0.717, 1.165) is 63.6 Å². The third kappa shape index (κ3) is 3.67. The molecule has 17 heavy (non-hydrogen) atoms. The van der Waals surface area contributed by atoms with Crippen molar-refractivity contribution >= 4 is 5.95 Å². The molecule has 0 atom stereocenters. The molecule has 6 nitrogen and oxygen atoms in total. The van der Waals surface area contributed by atoms with Gasteiger partial charge in [0.1, 0.15) is 5.82 Å². The Morgan fingerprint density at radius 1 is 1.24 bits per heavy atom. The van der Waals surface area contributed by atoms with Crippen LogP contribution in [-0.4, -0.2) is 53.1 Å². The zero-order valence-electron chi connectivity index (χ0n) is 10.2. The molecule has 0 aromatic carbocycles. The van der Waals surface area contributed by atoms with Crippen LogP contribution in [0.5, 0.6) is 0 Å². The number of hydrogen-bond donors (Lipinski definition) is 3.